The second-order valence-electron chi connectivity index (χ2n) is 7.22. The van der Waals surface area contributed by atoms with Crippen LogP contribution in [-0.4, -0.2) is 21.9 Å². The van der Waals surface area contributed by atoms with E-state index in [0.29, 0.717) is 16.3 Å². The van der Waals surface area contributed by atoms with Gasteiger partial charge in [-0.25, -0.2) is 4.68 Å². The number of aromatic nitrogens is 2. The molecule has 0 unspecified atom stereocenters. The molecule has 30 heavy (non-hydrogen) atoms. The van der Waals surface area contributed by atoms with Crippen LogP contribution in [0, 0.1) is 6.92 Å². The molecule has 2 aromatic carbocycles. The lowest BCUT2D eigenvalue weighted by atomic mass is 9.97. The summed E-state index contributed by atoms with van der Waals surface area (Å²) in [5.41, 5.74) is 2.07. The maximum absolute atomic E-state index is 13.8. The van der Waals surface area contributed by atoms with Crippen molar-refractivity contribution < 1.29 is 18.0 Å². The molecule has 0 aliphatic carbocycles. The second-order valence-corrected chi connectivity index (χ2v) is 7.66. The average Bonchev–Trinajstić information content (AvgIpc) is 3.11. The van der Waals surface area contributed by atoms with Gasteiger partial charge in [-0.05, 0) is 42.3 Å². The minimum absolute atomic E-state index is 0.0926. The molecule has 0 spiro atoms. The lowest BCUT2D eigenvalue weighted by Gasteiger charge is -2.33. The Balaban J connectivity index is 1.64. The van der Waals surface area contributed by atoms with Crippen LogP contribution in [0.4, 0.5) is 24.7 Å². The smallest absolute Gasteiger partial charge is 0.363 e. The summed E-state index contributed by atoms with van der Waals surface area (Å²) in [6.45, 7) is 1.87. The normalized spacial score (nSPS) is 18.4. The van der Waals surface area contributed by atoms with Gasteiger partial charge >= 0.3 is 6.18 Å². The minimum Gasteiger partial charge on any atom is -0.363 e. The Hall–Kier alpha value is -3.00. The lowest BCUT2D eigenvalue weighted by molar-refractivity contribution is -0.173. The van der Waals surface area contributed by atoms with E-state index in [2.05, 4.69) is 15.7 Å². The Morgan fingerprint density at radius 3 is 2.60 bits per heavy atom. The number of alkyl halides is 3. The van der Waals surface area contributed by atoms with Crippen molar-refractivity contribution in [3.63, 3.8) is 0 Å². The number of hydrogen-bond donors (Lipinski definition) is 2. The molecule has 156 valence electrons. The molecule has 1 aliphatic rings. The van der Waals surface area contributed by atoms with Crippen LogP contribution in [0.25, 0.3) is 0 Å². The van der Waals surface area contributed by atoms with Gasteiger partial charge in [0.2, 0.25) is 0 Å². The summed E-state index contributed by atoms with van der Waals surface area (Å²) >= 11 is 5.89. The third kappa shape index (κ3) is 4.14. The Morgan fingerprint density at radius 2 is 1.93 bits per heavy atom. The first kappa shape index (κ1) is 20.3. The van der Waals surface area contributed by atoms with Gasteiger partial charge in [0.1, 0.15) is 5.82 Å². The molecule has 2 atom stereocenters. The number of halogens is 4. The highest BCUT2D eigenvalue weighted by Gasteiger charge is 2.46. The van der Waals surface area contributed by atoms with Crippen LogP contribution in [0.2, 0.25) is 5.02 Å². The van der Waals surface area contributed by atoms with E-state index in [9.17, 15) is 18.0 Å². The van der Waals surface area contributed by atoms with E-state index in [4.69, 9.17) is 11.6 Å². The molecule has 0 saturated heterocycles. The van der Waals surface area contributed by atoms with Gasteiger partial charge < -0.3 is 10.6 Å². The van der Waals surface area contributed by atoms with Gasteiger partial charge in [0.05, 0.1) is 6.04 Å². The molecule has 0 bridgehead atoms. The molecule has 2 N–H and O–H groups in total. The monoisotopic (exact) mass is 434 g/mol. The number of aryl methyl sites for hydroxylation is 1. The first-order valence-electron chi connectivity index (χ1n) is 9.27. The van der Waals surface area contributed by atoms with Crippen molar-refractivity contribution in [2.24, 2.45) is 0 Å². The highest BCUT2D eigenvalue weighted by atomic mass is 35.5. The number of fused-ring (bicyclic) bond motifs is 1. The molecule has 9 heteroatoms. The second kappa shape index (κ2) is 7.68. The zero-order valence-corrected chi connectivity index (χ0v) is 16.6. The highest BCUT2D eigenvalue weighted by Crippen LogP contribution is 2.43. The Labute approximate surface area is 175 Å². The Bertz CT molecular complexity index is 1080. The summed E-state index contributed by atoms with van der Waals surface area (Å²) in [4.78, 5) is 12.6. The SMILES string of the molecule is Cc1cccc(NC(=O)c2cc3n(n2)[C@@H](C(F)(F)F)C[C@@H](c2ccc(Cl)cc2)N3)c1. The van der Waals surface area contributed by atoms with Crippen molar-refractivity contribution in [1.82, 2.24) is 9.78 Å². The molecule has 3 aromatic rings. The highest BCUT2D eigenvalue weighted by molar-refractivity contribution is 6.30. The van der Waals surface area contributed by atoms with E-state index in [0.717, 1.165) is 10.2 Å². The van der Waals surface area contributed by atoms with Gasteiger partial charge in [0.15, 0.2) is 11.7 Å². The van der Waals surface area contributed by atoms with Gasteiger partial charge in [0, 0.05) is 23.2 Å². The predicted octanol–water partition coefficient (Wildman–Crippen LogP) is 5.76. The lowest BCUT2D eigenvalue weighted by Crippen LogP contribution is -2.35. The van der Waals surface area contributed by atoms with Crippen LogP contribution in [0.5, 0.6) is 0 Å². The number of hydrogen-bond acceptors (Lipinski definition) is 3. The molecular weight excluding hydrogens is 417 g/mol. The van der Waals surface area contributed by atoms with Crippen LogP contribution in [-0.2, 0) is 0 Å². The fourth-order valence-corrected chi connectivity index (χ4v) is 3.64. The fraction of sp³-hybridized carbons (Fsp3) is 0.238. The maximum atomic E-state index is 13.8. The van der Waals surface area contributed by atoms with E-state index >= 15 is 0 Å². The van der Waals surface area contributed by atoms with Crippen LogP contribution < -0.4 is 10.6 Å². The molecule has 0 fully saturated rings. The van der Waals surface area contributed by atoms with E-state index in [-0.39, 0.29) is 17.9 Å². The molecule has 2 heterocycles. The summed E-state index contributed by atoms with van der Waals surface area (Å²) in [5.74, 6) is -0.439. The quantitative estimate of drug-likeness (QED) is 0.551. The fourth-order valence-electron chi connectivity index (χ4n) is 3.52. The Morgan fingerprint density at radius 1 is 1.20 bits per heavy atom. The standard InChI is InChI=1S/C21H18ClF3N4O/c1-12-3-2-4-15(9-12)26-20(30)17-11-19-27-16(13-5-7-14(22)8-6-13)10-18(21(23,24)25)29(19)28-17/h2-9,11,16,18,27H,10H2,1H3,(H,26,30)/t16-,18+/m0/s1. The van der Waals surface area contributed by atoms with Crippen molar-refractivity contribution in [2.75, 3.05) is 10.6 Å². The minimum atomic E-state index is -4.52. The number of anilines is 2. The molecule has 1 aliphatic heterocycles. The largest absolute Gasteiger partial charge is 0.410 e. The molecule has 5 nitrogen and oxygen atoms in total. The zero-order valence-electron chi connectivity index (χ0n) is 15.9. The molecule has 0 radical (unpaired) electrons. The van der Waals surface area contributed by atoms with Crippen LogP contribution in [0.1, 0.15) is 40.1 Å². The van der Waals surface area contributed by atoms with E-state index in [1.807, 2.05) is 13.0 Å². The topological polar surface area (TPSA) is 59.0 Å². The van der Waals surface area contributed by atoms with Crippen LogP contribution >= 0.6 is 11.6 Å². The number of nitrogens with zero attached hydrogens (tertiary/aromatic N) is 2. The van der Waals surface area contributed by atoms with Gasteiger partial charge in [-0.15, -0.1) is 0 Å². The Kier molecular flexibility index (Phi) is 5.19. The summed E-state index contributed by atoms with van der Waals surface area (Å²) in [6.07, 6.45) is -4.77. The van der Waals surface area contributed by atoms with Gasteiger partial charge in [0.25, 0.3) is 5.91 Å². The molecular formula is C21H18ClF3N4O. The summed E-state index contributed by atoms with van der Waals surface area (Å²) < 4.78 is 42.1. The molecule has 0 saturated carbocycles. The maximum Gasteiger partial charge on any atom is 0.410 e. The van der Waals surface area contributed by atoms with Crippen LogP contribution in [0.15, 0.2) is 54.6 Å². The van der Waals surface area contributed by atoms with Crippen molar-refractivity contribution in [3.8, 4) is 0 Å². The van der Waals surface area contributed by atoms with Crippen molar-refractivity contribution in [2.45, 2.75) is 31.6 Å². The third-order valence-corrected chi connectivity index (χ3v) is 5.22. The van der Waals surface area contributed by atoms with Crippen molar-refractivity contribution in [3.05, 3.63) is 76.4 Å². The molecule has 1 amide bonds. The van der Waals surface area contributed by atoms with E-state index in [1.165, 1.54) is 6.07 Å². The van der Waals surface area contributed by atoms with Crippen molar-refractivity contribution >= 4 is 29.0 Å². The first-order chi connectivity index (χ1) is 14.2. The summed E-state index contributed by atoms with van der Waals surface area (Å²) in [6, 6.07) is 12.7. The van der Waals surface area contributed by atoms with Crippen molar-refractivity contribution in [1.29, 1.82) is 0 Å². The molecule has 4 rings (SSSR count). The zero-order chi connectivity index (χ0) is 21.5. The number of nitrogens with one attached hydrogen (secondary N) is 2. The summed E-state index contributed by atoms with van der Waals surface area (Å²) in [5, 5.41) is 10.2. The van der Waals surface area contributed by atoms with Gasteiger partial charge in [-0.2, -0.15) is 18.3 Å². The number of amides is 1. The number of carbonyl (C=O) groups is 1. The predicted molar refractivity (Wildman–Crippen MR) is 109 cm³/mol. The average molecular weight is 435 g/mol. The number of rotatable bonds is 3. The van der Waals surface area contributed by atoms with Gasteiger partial charge in [-0.1, -0.05) is 35.9 Å². The molecule has 1 aromatic heterocycles. The van der Waals surface area contributed by atoms with E-state index < -0.39 is 24.2 Å². The number of carbonyl (C=O) groups excluding carboxylic acids is 1. The van der Waals surface area contributed by atoms with E-state index in [1.54, 1.807) is 42.5 Å². The first-order valence-corrected chi connectivity index (χ1v) is 9.65. The number of benzene rings is 2. The van der Waals surface area contributed by atoms with Crippen LogP contribution in [0.3, 0.4) is 0 Å². The summed E-state index contributed by atoms with van der Waals surface area (Å²) in [7, 11) is 0. The third-order valence-electron chi connectivity index (χ3n) is 4.97. The van der Waals surface area contributed by atoms with Gasteiger partial charge in [-0.3, -0.25) is 4.79 Å².